The van der Waals surface area contributed by atoms with Crippen LogP contribution in [-0.2, 0) is 4.79 Å². The average Bonchev–Trinajstić information content (AvgIpc) is 3.20. The van der Waals surface area contributed by atoms with Crippen LogP contribution >= 0.6 is 11.6 Å². The number of amides is 1. The molecule has 0 spiro atoms. The number of para-hydroxylation sites is 1. The zero-order valence-corrected chi connectivity index (χ0v) is 20.6. The first-order chi connectivity index (χ1) is 16.6. The number of aromatic nitrogens is 1. The van der Waals surface area contributed by atoms with Gasteiger partial charge in [-0.05, 0) is 61.5 Å². The second-order valence-corrected chi connectivity index (χ2v) is 8.45. The minimum atomic E-state index is -0.821. The molecule has 1 aromatic heterocycles. The Morgan fingerprint density at radius 2 is 1.69 bits per heavy atom. The lowest BCUT2D eigenvalue weighted by Crippen LogP contribution is -2.38. The van der Waals surface area contributed by atoms with Gasteiger partial charge in [0.1, 0.15) is 22.8 Å². The predicted octanol–water partition coefficient (Wildman–Crippen LogP) is 6.20. The standard InChI is InChI=1S/C23H18ClFN2O4.C3H9N/c1-14(22(28)27(2)20-6-4-3-5-18(20)25)29-16-8-10-17(11-9-16)30-23-26-19-12-7-15(24)13-21(19)31-23;1-3(2)4/h3-14H,1-2H3;3H,4H2,1-2H3/t14-;/m1./s1. The summed E-state index contributed by atoms with van der Waals surface area (Å²) in [5, 5.41) is 0.543. The van der Waals surface area contributed by atoms with E-state index in [0.29, 0.717) is 33.7 Å². The lowest BCUT2D eigenvalue weighted by molar-refractivity contribution is -0.124. The maximum Gasteiger partial charge on any atom is 0.400 e. The molecule has 0 saturated carbocycles. The van der Waals surface area contributed by atoms with E-state index in [0.717, 1.165) is 0 Å². The number of hydrogen-bond donors (Lipinski definition) is 1. The van der Waals surface area contributed by atoms with E-state index >= 15 is 0 Å². The summed E-state index contributed by atoms with van der Waals surface area (Å²) in [7, 11) is 1.51. The van der Waals surface area contributed by atoms with Crippen molar-refractivity contribution in [3.05, 3.63) is 77.6 Å². The Morgan fingerprint density at radius 1 is 1.06 bits per heavy atom. The van der Waals surface area contributed by atoms with Gasteiger partial charge in [0.05, 0.1) is 5.69 Å². The molecule has 1 atom stereocenters. The third kappa shape index (κ3) is 7.18. The molecule has 0 radical (unpaired) electrons. The van der Waals surface area contributed by atoms with E-state index < -0.39 is 11.9 Å². The summed E-state index contributed by atoms with van der Waals surface area (Å²) in [6.45, 7) is 5.49. The molecule has 1 amide bonds. The first-order valence-corrected chi connectivity index (χ1v) is 11.3. The maximum atomic E-state index is 13.9. The first-order valence-electron chi connectivity index (χ1n) is 10.9. The number of nitrogens with zero attached hydrogens (tertiary/aromatic N) is 2. The summed E-state index contributed by atoms with van der Waals surface area (Å²) < 4.78 is 30.8. The van der Waals surface area contributed by atoms with Crippen molar-refractivity contribution < 1.29 is 23.1 Å². The SMILES string of the molecule is CC(C)N.C[C@@H](Oc1ccc(Oc2nc3ccc(Cl)cc3o2)cc1)C(=O)N(C)c1ccccc1F. The molecule has 0 aliphatic rings. The number of carbonyl (C=O) groups excluding carboxylic acids is 1. The Balaban J connectivity index is 0.000000795. The molecule has 0 aliphatic heterocycles. The lowest BCUT2D eigenvalue weighted by Gasteiger charge is -2.22. The van der Waals surface area contributed by atoms with Crippen molar-refractivity contribution in [2.75, 3.05) is 11.9 Å². The van der Waals surface area contributed by atoms with Crippen molar-refractivity contribution >= 4 is 34.3 Å². The van der Waals surface area contributed by atoms with E-state index in [1.54, 1.807) is 61.5 Å². The maximum absolute atomic E-state index is 13.9. The summed E-state index contributed by atoms with van der Waals surface area (Å²) in [4.78, 5) is 18.1. The molecule has 0 saturated heterocycles. The highest BCUT2D eigenvalue weighted by atomic mass is 35.5. The fourth-order valence-corrected chi connectivity index (χ4v) is 3.14. The van der Waals surface area contributed by atoms with Crippen LogP contribution in [-0.4, -0.2) is 30.1 Å². The molecule has 0 aliphatic carbocycles. The number of anilines is 1. The Kier molecular flexibility index (Phi) is 8.68. The second kappa shape index (κ2) is 11.7. The highest BCUT2D eigenvalue weighted by Gasteiger charge is 2.22. The van der Waals surface area contributed by atoms with Crippen LogP contribution in [0.2, 0.25) is 5.02 Å². The zero-order chi connectivity index (χ0) is 25.5. The zero-order valence-electron chi connectivity index (χ0n) is 19.9. The van der Waals surface area contributed by atoms with Crippen molar-refractivity contribution in [1.29, 1.82) is 0 Å². The summed E-state index contributed by atoms with van der Waals surface area (Å²) in [5.41, 5.74) is 6.45. The molecule has 35 heavy (non-hydrogen) atoms. The molecule has 0 fully saturated rings. The summed E-state index contributed by atoms with van der Waals surface area (Å²) >= 11 is 5.94. The number of likely N-dealkylation sites (N-methyl/N-ethyl adjacent to an activating group) is 1. The van der Waals surface area contributed by atoms with Crippen molar-refractivity contribution in [3.8, 4) is 17.6 Å². The Labute approximate surface area is 208 Å². The van der Waals surface area contributed by atoms with E-state index in [2.05, 4.69) is 4.98 Å². The van der Waals surface area contributed by atoms with Gasteiger partial charge in [-0.2, -0.15) is 4.98 Å². The van der Waals surface area contributed by atoms with Crippen LogP contribution in [0, 0.1) is 5.82 Å². The van der Waals surface area contributed by atoms with Crippen LogP contribution in [0.3, 0.4) is 0 Å². The fourth-order valence-electron chi connectivity index (χ4n) is 2.98. The van der Waals surface area contributed by atoms with Gasteiger partial charge in [0.25, 0.3) is 5.91 Å². The van der Waals surface area contributed by atoms with Crippen LogP contribution in [0.5, 0.6) is 17.6 Å². The van der Waals surface area contributed by atoms with Gasteiger partial charge in [-0.15, -0.1) is 0 Å². The molecule has 4 rings (SSSR count). The Morgan fingerprint density at radius 3 is 2.34 bits per heavy atom. The molecule has 0 bridgehead atoms. The van der Waals surface area contributed by atoms with Crippen LogP contribution in [0.25, 0.3) is 11.1 Å². The largest absolute Gasteiger partial charge is 0.481 e. The smallest absolute Gasteiger partial charge is 0.400 e. The van der Waals surface area contributed by atoms with E-state index in [9.17, 15) is 9.18 Å². The molecule has 184 valence electrons. The molecule has 9 heteroatoms. The van der Waals surface area contributed by atoms with Crippen molar-refractivity contribution in [2.24, 2.45) is 5.73 Å². The van der Waals surface area contributed by atoms with Crippen molar-refractivity contribution in [1.82, 2.24) is 4.98 Å². The molecule has 3 aromatic carbocycles. The minimum Gasteiger partial charge on any atom is -0.481 e. The Hall–Kier alpha value is -3.62. The van der Waals surface area contributed by atoms with Gasteiger partial charge in [-0.25, -0.2) is 4.39 Å². The number of rotatable bonds is 6. The summed E-state index contributed by atoms with van der Waals surface area (Å²) in [6, 6.07) is 18.1. The normalized spacial score (nSPS) is 11.5. The highest BCUT2D eigenvalue weighted by Crippen LogP contribution is 2.28. The van der Waals surface area contributed by atoms with E-state index in [4.69, 9.17) is 31.2 Å². The summed E-state index contributed by atoms with van der Waals surface area (Å²) in [5.74, 6) is 0.0796. The minimum absolute atomic E-state index is 0.0843. The van der Waals surface area contributed by atoms with Crippen LogP contribution in [0.1, 0.15) is 20.8 Å². The second-order valence-electron chi connectivity index (χ2n) is 8.02. The lowest BCUT2D eigenvalue weighted by atomic mass is 10.2. The van der Waals surface area contributed by atoms with Gasteiger partial charge < -0.3 is 24.5 Å². The molecular formula is C26H27ClFN3O4. The molecule has 1 heterocycles. The number of carbonyl (C=O) groups is 1. The molecule has 2 N–H and O–H groups in total. The van der Waals surface area contributed by atoms with E-state index in [1.807, 2.05) is 13.8 Å². The van der Waals surface area contributed by atoms with Gasteiger partial charge in [0, 0.05) is 18.1 Å². The number of fused-ring (bicyclic) bond motifs is 1. The molecule has 0 unspecified atom stereocenters. The van der Waals surface area contributed by atoms with Crippen LogP contribution in [0.4, 0.5) is 10.1 Å². The van der Waals surface area contributed by atoms with Gasteiger partial charge in [-0.3, -0.25) is 4.79 Å². The topological polar surface area (TPSA) is 90.8 Å². The third-order valence-electron chi connectivity index (χ3n) is 4.56. The third-order valence-corrected chi connectivity index (χ3v) is 4.80. The van der Waals surface area contributed by atoms with E-state index in [-0.39, 0.29) is 17.7 Å². The number of ether oxygens (including phenoxy) is 2. The molecular weight excluding hydrogens is 473 g/mol. The average molecular weight is 500 g/mol. The number of hydrogen-bond acceptors (Lipinski definition) is 6. The number of oxazole rings is 1. The van der Waals surface area contributed by atoms with E-state index in [1.165, 1.54) is 24.1 Å². The number of nitrogens with two attached hydrogens (primary N) is 1. The predicted molar refractivity (Wildman–Crippen MR) is 135 cm³/mol. The first kappa shape index (κ1) is 26.0. The van der Waals surface area contributed by atoms with Gasteiger partial charge in [0.2, 0.25) is 0 Å². The molecule has 4 aromatic rings. The van der Waals surface area contributed by atoms with Gasteiger partial charge in [-0.1, -0.05) is 37.6 Å². The quantitative estimate of drug-likeness (QED) is 0.340. The highest BCUT2D eigenvalue weighted by molar-refractivity contribution is 6.31. The number of halogens is 2. The summed E-state index contributed by atoms with van der Waals surface area (Å²) in [6.07, 6.45) is -0.737. The van der Waals surface area contributed by atoms with Crippen molar-refractivity contribution in [2.45, 2.75) is 32.9 Å². The molecule has 7 nitrogen and oxygen atoms in total. The van der Waals surface area contributed by atoms with Gasteiger partial charge in [0.15, 0.2) is 11.7 Å². The van der Waals surface area contributed by atoms with Crippen LogP contribution in [0.15, 0.2) is 71.1 Å². The van der Waals surface area contributed by atoms with Gasteiger partial charge >= 0.3 is 6.08 Å². The monoisotopic (exact) mass is 499 g/mol. The van der Waals surface area contributed by atoms with Crippen LogP contribution < -0.4 is 20.1 Å². The fraction of sp³-hybridized carbons (Fsp3) is 0.231. The van der Waals surface area contributed by atoms with Crippen molar-refractivity contribution in [3.63, 3.8) is 0 Å². The Bertz CT molecular complexity index is 1270. The number of benzene rings is 3.